The largest absolute Gasteiger partial charge is 0.313 e. The van der Waals surface area contributed by atoms with E-state index in [9.17, 15) is 4.79 Å². The maximum absolute atomic E-state index is 12.8. The van der Waals surface area contributed by atoms with Crippen molar-refractivity contribution in [2.24, 2.45) is 4.99 Å². The Morgan fingerprint density at radius 1 is 1.12 bits per heavy atom. The monoisotopic (exact) mass is 352 g/mol. The second-order valence-corrected chi connectivity index (χ2v) is 7.17. The van der Waals surface area contributed by atoms with Crippen molar-refractivity contribution in [2.45, 2.75) is 32.7 Å². The van der Waals surface area contributed by atoms with E-state index in [2.05, 4.69) is 43.0 Å². The Morgan fingerprint density at radius 2 is 1.84 bits per heavy atom. The normalized spacial score (nSPS) is 16.6. The molecule has 0 aromatic heterocycles. The highest BCUT2D eigenvalue weighted by Gasteiger charge is 2.25. The molecule has 1 aliphatic heterocycles. The van der Waals surface area contributed by atoms with Gasteiger partial charge in [0.2, 0.25) is 0 Å². The van der Waals surface area contributed by atoms with Crippen molar-refractivity contribution in [1.82, 2.24) is 0 Å². The fourth-order valence-electron chi connectivity index (χ4n) is 2.80. The molecule has 0 aliphatic carbocycles. The van der Waals surface area contributed by atoms with Gasteiger partial charge in [0.15, 0.2) is 11.0 Å². The third-order valence-electron chi connectivity index (χ3n) is 4.45. The first kappa shape index (κ1) is 17.7. The quantitative estimate of drug-likeness (QED) is 0.699. The molecule has 1 heterocycles. The molecule has 2 aromatic rings. The maximum Gasteiger partial charge on any atom is 0.182 e. The molecule has 1 aliphatic rings. The van der Waals surface area contributed by atoms with Gasteiger partial charge in [-0.1, -0.05) is 68.1 Å². The molecule has 0 unspecified atom stereocenters. The zero-order chi connectivity index (χ0) is 17.6. The number of benzene rings is 2. The summed E-state index contributed by atoms with van der Waals surface area (Å²) >= 11 is 1.75. The number of rotatable bonds is 6. The van der Waals surface area contributed by atoms with E-state index >= 15 is 0 Å². The summed E-state index contributed by atoms with van der Waals surface area (Å²) in [6, 6.07) is 18.3. The molecule has 0 fully saturated rings. The topological polar surface area (TPSA) is 32.7 Å². The minimum atomic E-state index is 0.114. The molecule has 0 saturated heterocycles. The summed E-state index contributed by atoms with van der Waals surface area (Å²) in [7, 11) is 0. The second kappa shape index (κ2) is 8.34. The first-order valence-electron chi connectivity index (χ1n) is 8.86. The van der Waals surface area contributed by atoms with Crippen LogP contribution in [0.4, 0.5) is 5.69 Å². The van der Waals surface area contributed by atoms with Crippen molar-refractivity contribution in [3.05, 3.63) is 65.7 Å². The van der Waals surface area contributed by atoms with Gasteiger partial charge in [-0.2, -0.15) is 0 Å². The molecular weight excluding hydrogens is 328 g/mol. The van der Waals surface area contributed by atoms with Crippen molar-refractivity contribution in [2.75, 3.05) is 17.2 Å². The van der Waals surface area contributed by atoms with E-state index in [0.29, 0.717) is 12.6 Å². The number of thioether (sulfide) groups is 1. The van der Waals surface area contributed by atoms with E-state index in [0.717, 1.165) is 35.0 Å². The van der Waals surface area contributed by atoms with Crippen LogP contribution in [0.25, 0.3) is 0 Å². The first-order valence-corrected chi connectivity index (χ1v) is 9.85. The number of hydrogen-bond acceptors (Lipinski definition) is 4. The predicted octanol–water partition coefficient (Wildman–Crippen LogP) is 4.82. The number of nitrogens with zero attached hydrogens (tertiary/aromatic N) is 2. The zero-order valence-corrected chi connectivity index (χ0v) is 15.6. The molecule has 3 rings (SSSR count). The highest BCUT2D eigenvalue weighted by molar-refractivity contribution is 8.14. The van der Waals surface area contributed by atoms with E-state index in [1.165, 1.54) is 5.56 Å². The average Bonchev–Trinajstić information content (AvgIpc) is 3.15. The summed E-state index contributed by atoms with van der Waals surface area (Å²) in [6.45, 7) is 4.62. The Labute approximate surface area is 154 Å². The van der Waals surface area contributed by atoms with Gasteiger partial charge in [0.1, 0.15) is 0 Å². The number of Topliss-reactive ketones (excluding diaryl/α,β-unsaturated/α-hetero) is 1. The lowest BCUT2D eigenvalue weighted by atomic mass is 10.1. The number of ketones is 1. The van der Waals surface area contributed by atoms with Crippen molar-refractivity contribution < 1.29 is 4.79 Å². The number of aryl methyl sites for hydroxylation is 1. The van der Waals surface area contributed by atoms with Crippen LogP contribution in [0.2, 0.25) is 0 Å². The first-order chi connectivity index (χ1) is 12.2. The van der Waals surface area contributed by atoms with E-state index < -0.39 is 0 Å². The molecule has 0 radical (unpaired) electrons. The molecule has 130 valence electrons. The summed E-state index contributed by atoms with van der Waals surface area (Å²) in [5, 5.41) is 0.959. The highest BCUT2D eigenvalue weighted by atomic mass is 32.2. The average molecular weight is 353 g/mol. The standard InChI is InChI=1S/C21H24N2OS/c1-3-16-10-12-19(13-11-16)23(21-22-18(4-2)15-25-21)14-20(24)17-8-6-5-7-9-17/h5-13,18H,3-4,14-15H2,1-2H3/t18-/m0/s1. The van der Waals surface area contributed by atoms with Crippen molar-refractivity contribution >= 4 is 28.4 Å². The summed E-state index contributed by atoms with van der Waals surface area (Å²) in [6.07, 6.45) is 2.04. The lowest BCUT2D eigenvalue weighted by Gasteiger charge is -2.23. The number of amidine groups is 1. The van der Waals surface area contributed by atoms with Gasteiger partial charge in [-0.3, -0.25) is 9.79 Å². The summed E-state index contributed by atoms with van der Waals surface area (Å²) in [4.78, 5) is 19.6. The number of hydrogen-bond donors (Lipinski definition) is 0. The van der Waals surface area contributed by atoms with Gasteiger partial charge in [-0.05, 0) is 30.5 Å². The Morgan fingerprint density at radius 3 is 2.44 bits per heavy atom. The van der Waals surface area contributed by atoms with Gasteiger partial charge in [0.25, 0.3) is 0 Å². The zero-order valence-electron chi connectivity index (χ0n) is 14.8. The summed E-state index contributed by atoms with van der Waals surface area (Å²) in [5.74, 6) is 1.11. The SMILES string of the molecule is CCc1ccc(N(CC(=O)c2ccccc2)C2=N[C@@H](CC)CS2)cc1. The van der Waals surface area contributed by atoms with Crippen LogP contribution < -0.4 is 4.90 Å². The van der Waals surface area contributed by atoms with Gasteiger partial charge < -0.3 is 4.90 Å². The van der Waals surface area contributed by atoms with E-state index in [1.54, 1.807) is 11.8 Å². The third-order valence-corrected chi connectivity index (χ3v) is 5.59. The molecule has 0 N–H and O–H groups in total. The van der Waals surface area contributed by atoms with E-state index in [-0.39, 0.29) is 5.78 Å². The number of anilines is 1. The van der Waals surface area contributed by atoms with Gasteiger partial charge in [-0.15, -0.1) is 0 Å². The van der Waals surface area contributed by atoms with Crippen molar-refractivity contribution in [3.8, 4) is 0 Å². The highest BCUT2D eigenvalue weighted by Crippen LogP contribution is 2.27. The number of carbonyl (C=O) groups excluding carboxylic acids is 1. The Hall–Kier alpha value is -2.07. The van der Waals surface area contributed by atoms with Crippen molar-refractivity contribution in [3.63, 3.8) is 0 Å². The lowest BCUT2D eigenvalue weighted by molar-refractivity contribution is 0.100. The fraction of sp³-hybridized carbons (Fsp3) is 0.333. The molecular formula is C21H24N2OS. The van der Waals surface area contributed by atoms with Crippen molar-refractivity contribution in [1.29, 1.82) is 0 Å². The van der Waals surface area contributed by atoms with Crippen LogP contribution in [0.3, 0.4) is 0 Å². The molecule has 0 bridgehead atoms. The third kappa shape index (κ3) is 4.31. The predicted molar refractivity (Wildman–Crippen MR) is 108 cm³/mol. The second-order valence-electron chi connectivity index (χ2n) is 6.18. The molecule has 2 aromatic carbocycles. The van der Waals surface area contributed by atoms with Crippen LogP contribution in [0.5, 0.6) is 0 Å². The molecule has 0 amide bonds. The number of aliphatic imine (C=N–C) groups is 1. The molecule has 25 heavy (non-hydrogen) atoms. The van der Waals surface area contributed by atoms with Crippen LogP contribution in [0.15, 0.2) is 59.6 Å². The van der Waals surface area contributed by atoms with Gasteiger partial charge in [0, 0.05) is 17.0 Å². The lowest BCUT2D eigenvalue weighted by Crippen LogP contribution is -2.33. The van der Waals surface area contributed by atoms with Crippen LogP contribution in [-0.2, 0) is 6.42 Å². The fourth-order valence-corrected chi connectivity index (χ4v) is 4.00. The molecule has 0 spiro atoms. The molecule has 1 atom stereocenters. The van der Waals surface area contributed by atoms with Gasteiger partial charge >= 0.3 is 0 Å². The minimum absolute atomic E-state index is 0.114. The van der Waals surface area contributed by atoms with Crippen LogP contribution >= 0.6 is 11.8 Å². The smallest absolute Gasteiger partial charge is 0.182 e. The Kier molecular flexibility index (Phi) is 5.92. The minimum Gasteiger partial charge on any atom is -0.313 e. The number of carbonyl (C=O) groups is 1. The summed E-state index contributed by atoms with van der Waals surface area (Å²) in [5.41, 5.74) is 3.07. The van der Waals surface area contributed by atoms with Crippen LogP contribution in [-0.4, -0.2) is 29.3 Å². The summed E-state index contributed by atoms with van der Waals surface area (Å²) < 4.78 is 0. The molecule has 3 nitrogen and oxygen atoms in total. The van der Waals surface area contributed by atoms with Crippen LogP contribution in [0, 0.1) is 0 Å². The Bertz CT molecular complexity index is 740. The Balaban J connectivity index is 1.87. The van der Waals surface area contributed by atoms with Gasteiger partial charge in [0.05, 0.1) is 12.6 Å². The maximum atomic E-state index is 12.8. The molecule has 0 saturated carbocycles. The molecule has 4 heteroatoms. The van der Waals surface area contributed by atoms with Crippen LogP contribution in [0.1, 0.15) is 36.2 Å². The van der Waals surface area contributed by atoms with Gasteiger partial charge in [-0.25, -0.2) is 0 Å². The van der Waals surface area contributed by atoms with E-state index in [4.69, 9.17) is 4.99 Å². The van der Waals surface area contributed by atoms with E-state index in [1.807, 2.05) is 30.3 Å².